The van der Waals surface area contributed by atoms with Crippen molar-refractivity contribution in [3.05, 3.63) is 35.5 Å². The molecule has 2 aliphatic heterocycles. The quantitative estimate of drug-likeness (QED) is 0.839. The molecule has 1 aromatic heterocycles. The molecule has 0 atom stereocenters. The Kier molecular flexibility index (Phi) is 2.77. The number of ether oxygens (including phenoxy) is 1. The number of carbonyl (C=O) groups is 1. The lowest BCUT2D eigenvalue weighted by atomic mass is 9.80. The van der Waals surface area contributed by atoms with Crippen LogP contribution in [-0.2, 0) is 12.6 Å². The molecule has 0 unspecified atom stereocenters. The second-order valence-corrected chi connectivity index (χ2v) is 5.84. The summed E-state index contributed by atoms with van der Waals surface area (Å²) in [7, 11) is 1.79. The van der Waals surface area contributed by atoms with Gasteiger partial charge in [0, 0.05) is 25.5 Å². The van der Waals surface area contributed by atoms with Crippen molar-refractivity contribution in [3.63, 3.8) is 0 Å². The van der Waals surface area contributed by atoms with Crippen molar-refractivity contribution in [3.8, 4) is 17.0 Å². The maximum atomic E-state index is 11.7. The van der Waals surface area contributed by atoms with Crippen molar-refractivity contribution >= 4 is 5.97 Å². The third-order valence-electron chi connectivity index (χ3n) is 4.56. The molecule has 2 aromatic rings. The summed E-state index contributed by atoms with van der Waals surface area (Å²) in [6.07, 6.45) is 1.47. The van der Waals surface area contributed by atoms with E-state index >= 15 is 0 Å². The number of piperidine rings is 1. The Labute approximate surface area is 127 Å². The van der Waals surface area contributed by atoms with E-state index in [0.717, 1.165) is 48.5 Å². The molecule has 0 saturated carbocycles. The average Bonchev–Trinajstić information content (AvgIpc) is 2.88. The molecular formula is C16H17N3O3. The molecule has 3 heterocycles. The number of nitrogens with one attached hydrogen (secondary N) is 1. The van der Waals surface area contributed by atoms with Crippen LogP contribution >= 0.6 is 0 Å². The number of rotatable bonds is 1. The van der Waals surface area contributed by atoms with Gasteiger partial charge in [-0.2, -0.15) is 5.10 Å². The van der Waals surface area contributed by atoms with E-state index in [-0.39, 0.29) is 5.69 Å². The number of para-hydroxylation sites is 1. The van der Waals surface area contributed by atoms with Crippen LogP contribution in [0.1, 0.15) is 28.9 Å². The SMILES string of the molecule is Cn1nc(C(=O)O)c2c1-c1ccccc1OC21CCNCC1. The van der Waals surface area contributed by atoms with E-state index in [9.17, 15) is 9.90 Å². The predicted molar refractivity (Wildman–Crippen MR) is 80.0 cm³/mol. The predicted octanol–water partition coefficient (Wildman–Crippen LogP) is 1.76. The van der Waals surface area contributed by atoms with Crippen LogP contribution in [0.5, 0.6) is 5.75 Å². The van der Waals surface area contributed by atoms with Gasteiger partial charge in [0.05, 0.1) is 11.3 Å². The molecule has 6 heteroatoms. The summed E-state index contributed by atoms with van der Waals surface area (Å²) in [6.45, 7) is 1.60. The summed E-state index contributed by atoms with van der Waals surface area (Å²) in [5.41, 5.74) is 2.00. The summed E-state index contributed by atoms with van der Waals surface area (Å²) in [4.78, 5) is 11.7. The van der Waals surface area contributed by atoms with Crippen molar-refractivity contribution in [1.29, 1.82) is 0 Å². The Morgan fingerprint density at radius 3 is 2.82 bits per heavy atom. The lowest BCUT2D eigenvalue weighted by Gasteiger charge is -2.41. The molecular weight excluding hydrogens is 282 g/mol. The fourth-order valence-corrected chi connectivity index (χ4v) is 3.61. The monoisotopic (exact) mass is 299 g/mol. The number of benzene rings is 1. The van der Waals surface area contributed by atoms with E-state index in [1.54, 1.807) is 11.7 Å². The molecule has 1 aromatic carbocycles. The number of fused-ring (bicyclic) bond motifs is 4. The van der Waals surface area contributed by atoms with Crippen molar-refractivity contribution < 1.29 is 14.6 Å². The zero-order valence-electron chi connectivity index (χ0n) is 12.3. The number of aromatic carboxylic acids is 1. The Morgan fingerprint density at radius 1 is 1.36 bits per heavy atom. The van der Waals surface area contributed by atoms with Gasteiger partial charge in [0.2, 0.25) is 0 Å². The van der Waals surface area contributed by atoms with Crippen molar-refractivity contribution in [2.45, 2.75) is 18.4 Å². The second kappa shape index (κ2) is 4.58. The lowest BCUT2D eigenvalue weighted by molar-refractivity contribution is 0.0284. The minimum absolute atomic E-state index is 0.105. The molecule has 1 saturated heterocycles. The largest absolute Gasteiger partial charge is 0.482 e. The number of carboxylic acids is 1. The van der Waals surface area contributed by atoms with E-state index in [2.05, 4.69) is 10.4 Å². The van der Waals surface area contributed by atoms with Gasteiger partial charge in [-0.1, -0.05) is 12.1 Å². The molecule has 0 radical (unpaired) electrons. The van der Waals surface area contributed by atoms with E-state index in [0.29, 0.717) is 0 Å². The maximum absolute atomic E-state index is 11.7. The van der Waals surface area contributed by atoms with Crippen LogP contribution in [0.3, 0.4) is 0 Å². The van der Waals surface area contributed by atoms with Crippen molar-refractivity contribution in [2.75, 3.05) is 13.1 Å². The minimum atomic E-state index is -1.00. The van der Waals surface area contributed by atoms with Crippen LogP contribution in [-0.4, -0.2) is 33.9 Å². The van der Waals surface area contributed by atoms with Gasteiger partial charge in [0.15, 0.2) is 5.69 Å². The zero-order chi connectivity index (χ0) is 15.3. The second-order valence-electron chi connectivity index (χ2n) is 5.84. The van der Waals surface area contributed by atoms with Gasteiger partial charge in [0.1, 0.15) is 11.4 Å². The third-order valence-corrected chi connectivity index (χ3v) is 4.56. The maximum Gasteiger partial charge on any atom is 0.356 e. The Morgan fingerprint density at radius 2 is 2.09 bits per heavy atom. The van der Waals surface area contributed by atoms with Gasteiger partial charge in [-0.25, -0.2) is 4.79 Å². The number of nitrogens with zero attached hydrogens (tertiary/aromatic N) is 2. The Bertz CT molecular complexity index is 760. The molecule has 2 N–H and O–H groups in total. The molecule has 22 heavy (non-hydrogen) atoms. The molecule has 114 valence electrons. The number of aryl methyl sites for hydroxylation is 1. The molecule has 0 amide bonds. The van der Waals surface area contributed by atoms with Gasteiger partial charge in [-0.15, -0.1) is 0 Å². The first-order valence-electron chi connectivity index (χ1n) is 7.42. The van der Waals surface area contributed by atoms with E-state index < -0.39 is 11.6 Å². The van der Waals surface area contributed by atoms with Crippen LogP contribution in [0.4, 0.5) is 0 Å². The first kappa shape index (κ1) is 13.3. The van der Waals surface area contributed by atoms with Crippen LogP contribution in [0.15, 0.2) is 24.3 Å². The average molecular weight is 299 g/mol. The van der Waals surface area contributed by atoms with Crippen molar-refractivity contribution in [2.24, 2.45) is 7.05 Å². The topological polar surface area (TPSA) is 76.4 Å². The highest BCUT2D eigenvalue weighted by molar-refractivity contribution is 5.91. The van der Waals surface area contributed by atoms with Gasteiger partial charge in [-0.3, -0.25) is 4.68 Å². The highest BCUT2D eigenvalue weighted by Crippen LogP contribution is 2.49. The zero-order valence-corrected chi connectivity index (χ0v) is 12.3. The highest BCUT2D eigenvalue weighted by Gasteiger charge is 2.47. The first-order valence-corrected chi connectivity index (χ1v) is 7.42. The number of carboxylic acid groups (broad SMARTS) is 1. The standard InChI is InChI=1S/C16H17N3O3/c1-19-14-10-4-2-3-5-11(10)22-16(6-8-17-9-7-16)12(14)13(18-19)15(20)21/h2-5,17H,6-9H2,1H3,(H,20,21). The molecule has 1 spiro atoms. The fourth-order valence-electron chi connectivity index (χ4n) is 3.61. The van der Waals surface area contributed by atoms with Gasteiger partial charge < -0.3 is 15.2 Å². The van der Waals surface area contributed by atoms with Crippen LogP contribution in [0.2, 0.25) is 0 Å². The van der Waals surface area contributed by atoms with Gasteiger partial charge >= 0.3 is 5.97 Å². The summed E-state index contributed by atoms with van der Waals surface area (Å²) < 4.78 is 8.00. The van der Waals surface area contributed by atoms with Crippen LogP contribution < -0.4 is 10.1 Å². The van der Waals surface area contributed by atoms with Gasteiger partial charge in [0.25, 0.3) is 0 Å². The summed E-state index contributed by atoms with van der Waals surface area (Å²) in [6, 6.07) is 7.76. The van der Waals surface area contributed by atoms with Gasteiger partial charge in [-0.05, 0) is 25.2 Å². The summed E-state index contributed by atoms with van der Waals surface area (Å²) in [5.74, 6) is -0.199. The molecule has 6 nitrogen and oxygen atoms in total. The number of aromatic nitrogens is 2. The molecule has 2 aliphatic rings. The minimum Gasteiger partial charge on any atom is -0.482 e. The summed E-state index contributed by atoms with van der Waals surface area (Å²) in [5, 5.41) is 17.1. The first-order chi connectivity index (χ1) is 10.6. The fraction of sp³-hybridized carbons (Fsp3) is 0.375. The van der Waals surface area contributed by atoms with E-state index in [4.69, 9.17) is 4.74 Å². The molecule has 4 rings (SSSR count). The Balaban J connectivity index is 2.03. The third kappa shape index (κ3) is 1.70. The number of hydrogen-bond donors (Lipinski definition) is 2. The van der Waals surface area contributed by atoms with Crippen LogP contribution in [0, 0.1) is 0 Å². The molecule has 0 aliphatic carbocycles. The normalized spacial score (nSPS) is 18.4. The van der Waals surface area contributed by atoms with E-state index in [1.165, 1.54) is 0 Å². The highest BCUT2D eigenvalue weighted by atomic mass is 16.5. The van der Waals surface area contributed by atoms with Crippen molar-refractivity contribution in [1.82, 2.24) is 15.1 Å². The molecule has 1 fully saturated rings. The molecule has 0 bridgehead atoms. The Hall–Kier alpha value is -2.34. The lowest BCUT2D eigenvalue weighted by Crippen LogP contribution is -2.46. The smallest absolute Gasteiger partial charge is 0.356 e. The van der Waals surface area contributed by atoms with Crippen LogP contribution in [0.25, 0.3) is 11.3 Å². The summed E-state index contributed by atoms with van der Waals surface area (Å²) >= 11 is 0. The number of hydrogen-bond acceptors (Lipinski definition) is 4. The van der Waals surface area contributed by atoms with E-state index in [1.807, 2.05) is 24.3 Å².